The van der Waals surface area contributed by atoms with Gasteiger partial charge in [0.1, 0.15) is 0 Å². The SMILES string of the molecule is Cc1cccc(C)c1CN1CCNCC1C(C)C. The lowest BCUT2D eigenvalue weighted by Crippen LogP contribution is -2.53. The Morgan fingerprint density at radius 3 is 2.56 bits per heavy atom. The van der Waals surface area contributed by atoms with Gasteiger partial charge in [-0.05, 0) is 36.5 Å². The summed E-state index contributed by atoms with van der Waals surface area (Å²) < 4.78 is 0. The molecule has 18 heavy (non-hydrogen) atoms. The highest BCUT2D eigenvalue weighted by molar-refractivity contribution is 5.33. The summed E-state index contributed by atoms with van der Waals surface area (Å²) in [6.45, 7) is 13.6. The van der Waals surface area contributed by atoms with Gasteiger partial charge in [0.25, 0.3) is 0 Å². The van der Waals surface area contributed by atoms with E-state index in [0.29, 0.717) is 12.0 Å². The first kappa shape index (κ1) is 13.6. The normalized spacial score (nSPS) is 21.5. The zero-order chi connectivity index (χ0) is 13.1. The lowest BCUT2D eigenvalue weighted by Gasteiger charge is -2.39. The van der Waals surface area contributed by atoms with Crippen molar-refractivity contribution in [2.45, 2.75) is 40.3 Å². The Kier molecular flexibility index (Phi) is 4.41. The number of nitrogens with zero attached hydrogens (tertiary/aromatic N) is 1. The Bertz CT molecular complexity index is 378. The number of hydrogen-bond donors (Lipinski definition) is 1. The van der Waals surface area contributed by atoms with E-state index in [0.717, 1.165) is 26.2 Å². The van der Waals surface area contributed by atoms with Crippen molar-refractivity contribution < 1.29 is 0 Å². The molecule has 0 radical (unpaired) electrons. The molecule has 0 aromatic heterocycles. The zero-order valence-electron chi connectivity index (χ0n) is 12.2. The van der Waals surface area contributed by atoms with Gasteiger partial charge in [0, 0.05) is 32.2 Å². The quantitative estimate of drug-likeness (QED) is 0.882. The van der Waals surface area contributed by atoms with E-state index in [4.69, 9.17) is 0 Å². The Balaban J connectivity index is 2.16. The second-order valence-corrected chi connectivity index (χ2v) is 5.86. The summed E-state index contributed by atoms with van der Waals surface area (Å²) in [5, 5.41) is 3.52. The summed E-state index contributed by atoms with van der Waals surface area (Å²) in [6.07, 6.45) is 0. The first-order valence-corrected chi connectivity index (χ1v) is 7.09. The van der Waals surface area contributed by atoms with E-state index >= 15 is 0 Å². The molecule has 1 aromatic carbocycles. The van der Waals surface area contributed by atoms with Crippen LogP contribution >= 0.6 is 0 Å². The average molecular weight is 246 g/mol. The highest BCUT2D eigenvalue weighted by Gasteiger charge is 2.25. The zero-order valence-corrected chi connectivity index (χ0v) is 12.2. The Morgan fingerprint density at radius 1 is 1.28 bits per heavy atom. The second kappa shape index (κ2) is 5.85. The molecule has 1 N–H and O–H groups in total. The van der Waals surface area contributed by atoms with Crippen LogP contribution in [0.3, 0.4) is 0 Å². The molecule has 2 nitrogen and oxygen atoms in total. The van der Waals surface area contributed by atoms with Crippen LogP contribution in [0.25, 0.3) is 0 Å². The number of aryl methyl sites for hydroxylation is 2. The van der Waals surface area contributed by atoms with Crippen LogP contribution in [0.4, 0.5) is 0 Å². The summed E-state index contributed by atoms with van der Waals surface area (Å²) in [5.74, 6) is 0.710. The van der Waals surface area contributed by atoms with E-state index in [2.05, 4.69) is 56.1 Å². The van der Waals surface area contributed by atoms with Gasteiger partial charge in [0.05, 0.1) is 0 Å². The number of rotatable bonds is 3. The molecule has 1 aliphatic heterocycles. The van der Waals surface area contributed by atoms with Gasteiger partial charge in [0.15, 0.2) is 0 Å². The standard InChI is InChI=1S/C16H26N2/c1-12(2)16-10-17-8-9-18(16)11-15-13(3)6-5-7-14(15)4/h5-7,12,16-17H,8-11H2,1-4H3. The number of piperazine rings is 1. The largest absolute Gasteiger partial charge is 0.314 e. The van der Waals surface area contributed by atoms with E-state index in [1.165, 1.54) is 16.7 Å². The van der Waals surface area contributed by atoms with Gasteiger partial charge in [-0.15, -0.1) is 0 Å². The molecule has 0 bridgehead atoms. The molecular formula is C16H26N2. The van der Waals surface area contributed by atoms with Crippen molar-refractivity contribution in [1.29, 1.82) is 0 Å². The molecule has 1 saturated heterocycles. The molecule has 1 aliphatic rings. The molecule has 1 unspecified atom stereocenters. The van der Waals surface area contributed by atoms with Crippen LogP contribution in [0.2, 0.25) is 0 Å². The summed E-state index contributed by atoms with van der Waals surface area (Å²) in [5.41, 5.74) is 4.37. The maximum atomic E-state index is 3.52. The monoisotopic (exact) mass is 246 g/mol. The number of nitrogens with one attached hydrogen (secondary N) is 1. The first-order valence-electron chi connectivity index (χ1n) is 7.09. The molecular weight excluding hydrogens is 220 g/mol. The maximum Gasteiger partial charge on any atom is 0.0247 e. The van der Waals surface area contributed by atoms with Crippen molar-refractivity contribution in [3.63, 3.8) is 0 Å². The minimum Gasteiger partial charge on any atom is -0.314 e. The molecule has 0 aliphatic carbocycles. The summed E-state index contributed by atoms with van der Waals surface area (Å²) in [6, 6.07) is 7.29. The Morgan fingerprint density at radius 2 is 1.94 bits per heavy atom. The average Bonchev–Trinajstić information content (AvgIpc) is 2.34. The fraction of sp³-hybridized carbons (Fsp3) is 0.625. The van der Waals surface area contributed by atoms with Crippen molar-refractivity contribution in [3.8, 4) is 0 Å². The fourth-order valence-corrected chi connectivity index (χ4v) is 2.92. The van der Waals surface area contributed by atoms with Crippen LogP contribution in [0, 0.1) is 19.8 Å². The fourth-order valence-electron chi connectivity index (χ4n) is 2.92. The van der Waals surface area contributed by atoms with Crippen molar-refractivity contribution in [1.82, 2.24) is 10.2 Å². The maximum absolute atomic E-state index is 3.52. The molecule has 1 heterocycles. The molecule has 2 heteroatoms. The van der Waals surface area contributed by atoms with Crippen molar-refractivity contribution in [3.05, 3.63) is 34.9 Å². The van der Waals surface area contributed by atoms with Gasteiger partial charge in [-0.3, -0.25) is 4.90 Å². The van der Waals surface area contributed by atoms with Gasteiger partial charge in [-0.25, -0.2) is 0 Å². The summed E-state index contributed by atoms with van der Waals surface area (Å²) >= 11 is 0. The minimum absolute atomic E-state index is 0.665. The molecule has 0 amide bonds. The number of hydrogen-bond acceptors (Lipinski definition) is 2. The van der Waals surface area contributed by atoms with E-state index in [-0.39, 0.29) is 0 Å². The molecule has 1 fully saturated rings. The van der Waals surface area contributed by atoms with Gasteiger partial charge < -0.3 is 5.32 Å². The minimum atomic E-state index is 0.665. The Hall–Kier alpha value is -0.860. The van der Waals surface area contributed by atoms with Crippen molar-refractivity contribution in [2.75, 3.05) is 19.6 Å². The van der Waals surface area contributed by atoms with Gasteiger partial charge in [0.2, 0.25) is 0 Å². The first-order chi connectivity index (χ1) is 8.59. The third-order valence-electron chi connectivity index (χ3n) is 4.17. The predicted octanol–water partition coefficient (Wildman–Crippen LogP) is 2.73. The van der Waals surface area contributed by atoms with E-state index < -0.39 is 0 Å². The van der Waals surface area contributed by atoms with Crippen LogP contribution in [-0.4, -0.2) is 30.6 Å². The van der Waals surface area contributed by atoms with E-state index in [1.807, 2.05) is 0 Å². The van der Waals surface area contributed by atoms with Crippen molar-refractivity contribution in [2.24, 2.45) is 5.92 Å². The smallest absolute Gasteiger partial charge is 0.0247 e. The predicted molar refractivity (Wildman–Crippen MR) is 77.8 cm³/mol. The lowest BCUT2D eigenvalue weighted by atomic mass is 9.97. The van der Waals surface area contributed by atoms with Crippen LogP contribution in [-0.2, 0) is 6.54 Å². The van der Waals surface area contributed by atoms with Crippen LogP contribution in [0.5, 0.6) is 0 Å². The van der Waals surface area contributed by atoms with E-state index in [1.54, 1.807) is 0 Å². The molecule has 0 spiro atoms. The molecule has 2 rings (SSSR count). The topological polar surface area (TPSA) is 15.3 Å². The van der Waals surface area contributed by atoms with Crippen molar-refractivity contribution >= 4 is 0 Å². The highest BCUT2D eigenvalue weighted by atomic mass is 15.2. The van der Waals surface area contributed by atoms with Gasteiger partial charge in [-0.2, -0.15) is 0 Å². The molecule has 1 atom stereocenters. The molecule has 100 valence electrons. The Labute approximate surface area is 111 Å². The lowest BCUT2D eigenvalue weighted by molar-refractivity contribution is 0.116. The highest BCUT2D eigenvalue weighted by Crippen LogP contribution is 2.20. The van der Waals surface area contributed by atoms with Crippen LogP contribution < -0.4 is 5.32 Å². The summed E-state index contributed by atoms with van der Waals surface area (Å²) in [7, 11) is 0. The number of benzene rings is 1. The van der Waals surface area contributed by atoms with Gasteiger partial charge in [-0.1, -0.05) is 32.0 Å². The third-order valence-corrected chi connectivity index (χ3v) is 4.17. The molecule has 1 aromatic rings. The third kappa shape index (κ3) is 2.93. The van der Waals surface area contributed by atoms with Gasteiger partial charge >= 0.3 is 0 Å². The summed E-state index contributed by atoms with van der Waals surface area (Å²) in [4.78, 5) is 2.65. The molecule has 0 saturated carbocycles. The van der Waals surface area contributed by atoms with Crippen LogP contribution in [0.1, 0.15) is 30.5 Å². The second-order valence-electron chi connectivity index (χ2n) is 5.86. The van der Waals surface area contributed by atoms with Crippen LogP contribution in [0.15, 0.2) is 18.2 Å². The van der Waals surface area contributed by atoms with E-state index in [9.17, 15) is 0 Å².